The third-order valence-corrected chi connectivity index (χ3v) is 8.24. The van der Waals surface area contributed by atoms with Crippen molar-refractivity contribution in [3.8, 4) is 0 Å². The predicted molar refractivity (Wildman–Crippen MR) is 125 cm³/mol. The molecule has 156 valence electrons. The summed E-state index contributed by atoms with van der Waals surface area (Å²) in [5.41, 5.74) is 0.850. The molecule has 0 aliphatic heterocycles. The molecule has 2 saturated carbocycles. The molecule has 5 nitrogen and oxygen atoms in total. The molecule has 0 radical (unpaired) electrons. The third-order valence-electron chi connectivity index (χ3n) is 7.52. The molecule has 2 aliphatic carbocycles. The maximum absolute atomic E-state index is 13.5. The van der Waals surface area contributed by atoms with Crippen LogP contribution < -0.4 is 5.32 Å². The van der Waals surface area contributed by atoms with Crippen molar-refractivity contribution in [3.63, 3.8) is 0 Å². The van der Waals surface area contributed by atoms with Crippen LogP contribution in [0.1, 0.15) is 50.4 Å². The number of hydrogen-bond donors (Lipinski definition) is 1. The molecule has 0 aromatic heterocycles. The van der Waals surface area contributed by atoms with Crippen LogP contribution in [0.3, 0.4) is 0 Å². The highest BCUT2D eigenvalue weighted by atomic mass is 127. The maximum Gasteiger partial charge on any atom is 0.365 e. The Balaban J connectivity index is 1.58. The number of amides is 1. The number of rotatable bonds is 4. The van der Waals surface area contributed by atoms with Crippen molar-refractivity contribution in [1.82, 2.24) is 0 Å². The molecule has 2 atom stereocenters. The Hall–Kier alpha value is -2.22. The van der Waals surface area contributed by atoms with E-state index in [1.807, 2.05) is 30.3 Å². The van der Waals surface area contributed by atoms with Gasteiger partial charge in [-0.2, -0.15) is 0 Å². The van der Waals surface area contributed by atoms with Crippen LogP contribution in [0.25, 0.3) is 0 Å². The van der Waals surface area contributed by atoms with E-state index in [0.29, 0.717) is 12.0 Å². The van der Waals surface area contributed by atoms with Gasteiger partial charge in [-0.25, -0.2) is 4.79 Å². The zero-order valence-corrected chi connectivity index (χ0v) is 19.5. The van der Waals surface area contributed by atoms with Gasteiger partial charge in [0.1, 0.15) is 0 Å². The molecule has 2 aromatic rings. The van der Waals surface area contributed by atoms with Crippen LogP contribution in [-0.4, -0.2) is 17.6 Å². The molecule has 6 heteroatoms. The number of halogens is 1. The summed E-state index contributed by atoms with van der Waals surface area (Å²) in [7, 11) is 0. The fourth-order valence-electron chi connectivity index (χ4n) is 5.03. The first-order chi connectivity index (χ1) is 14.2. The van der Waals surface area contributed by atoms with E-state index in [1.54, 1.807) is 24.3 Å². The first-order valence-electron chi connectivity index (χ1n) is 10.1. The van der Waals surface area contributed by atoms with Gasteiger partial charge in [0, 0.05) is 21.1 Å². The van der Waals surface area contributed by atoms with Gasteiger partial charge in [0.2, 0.25) is 5.91 Å². The van der Waals surface area contributed by atoms with Crippen LogP contribution in [-0.2, 0) is 9.63 Å². The molecule has 30 heavy (non-hydrogen) atoms. The highest BCUT2D eigenvalue weighted by molar-refractivity contribution is 14.1. The average Bonchev–Trinajstić information content (AvgIpc) is 3.05. The van der Waals surface area contributed by atoms with Gasteiger partial charge in [0.05, 0.1) is 16.7 Å². The van der Waals surface area contributed by atoms with E-state index >= 15 is 0 Å². The van der Waals surface area contributed by atoms with Crippen LogP contribution in [0, 0.1) is 19.8 Å². The lowest BCUT2D eigenvalue weighted by molar-refractivity contribution is -0.130. The van der Waals surface area contributed by atoms with E-state index in [0.717, 1.165) is 27.8 Å². The van der Waals surface area contributed by atoms with Crippen LogP contribution >= 0.6 is 22.6 Å². The first kappa shape index (κ1) is 21.0. The zero-order chi connectivity index (χ0) is 21.6. The number of fused-ring (bicyclic) bond motifs is 2. The van der Waals surface area contributed by atoms with Crippen molar-refractivity contribution < 1.29 is 14.4 Å². The van der Waals surface area contributed by atoms with Gasteiger partial charge in [-0.1, -0.05) is 44.1 Å². The number of carbonyl (C=O) groups is 2. The Bertz CT molecular complexity index is 1020. The molecular formula is C24H25IN2O3. The maximum atomic E-state index is 13.5. The summed E-state index contributed by atoms with van der Waals surface area (Å²) < 4.78 is 1.12. The Morgan fingerprint density at radius 2 is 1.67 bits per heavy atom. The molecule has 0 saturated heterocycles. The molecule has 1 N–H and O–H groups in total. The summed E-state index contributed by atoms with van der Waals surface area (Å²) in [4.78, 5) is 31.1. The topological polar surface area (TPSA) is 67.8 Å². The molecule has 2 aromatic carbocycles. The predicted octanol–water partition coefficient (Wildman–Crippen LogP) is 5.66. The van der Waals surface area contributed by atoms with Crippen molar-refractivity contribution in [2.24, 2.45) is 21.4 Å². The van der Waals surface area contributed by atoms with Crippen LogP contribution in [0.4, 0.5) is 5.69 Å². The fraction of sp³-hybridized carbons (Fsp3) is 0.375. The van der Waals surface area contributed by atoms with E-state index in [1.165, 1.54) is 0 Å². The van der Waals surface area contributed by atoms with Crippen molar-refractivity contribution in [2.75, 3.05) is 5.32 Å². The largest absolute Gasteiger partial charge is 0.365 e. The van der Waals surface area contributed by atoms with Crippen molar-refractivity contribution >= 4 is 45.9 Å². The standard InChI is InChI=1S/C24H25IN2O3/c1-22(2)23(3)13-14-24(22,21(29)26-18-11-9-17(25)10-12-18)15-19(23)27-30-20(28)16-7-5-4-6-8-16/h4-12H,13-15H2,1-3H3,(H,26,29)/b27-19+. The third kappa shape index (κ3) is 3.16. The highest BCUT2D eigenvalue weighted by Crippen LogP contribution is 2.71. The van der Waals surface area contributed by atoms with E-state index in [4.69, 9.17) is 4.84 Å². The normalized spacial score (nSPS) is 27.8. The van der Waals surface area contributed by atoms with Crippen molar-refractivity contribution in [2.45, 2.75) is 40.0 Å². The molecule has 2 aliphatic rings. The minimum atomic E-state index is -0.581. The highest BCUT2D eigenvalue weighted by Gasteiger charge is 2.71. The molecular weight excluding hydrogens is 491 g/mol. The van der Waals surface area contributed by atoms with Gasteiger partial charge < -0.3 is 10.2 Å². The Morgan fingerprint density at radius 1 is 1.00 bits per heavy atom. The summed E-state index contributed by atoms with van der Waals surface area (Å²) in [6.45, 7) is 6.40. The van der Waals surface area contributed by atoms with Gasteiger partial charge in [-0.3, -0.25) is 4.79 Å². The molecule has 2 bridgehead atoms. The zero-order valence-electron chi connectivity index (χ0n) is 17.4. The Labute approximate surface area is 190 Å². The number of carbonyl (C=O) groups excluding carboxylic acids is 2. The summed E-state index contributed by atoms with van der Waals surface area (Å²) >= 11 is 2.24. The summed E-state index contributed by atoms with van der Waals surface area (Å²) in [5.74, 6) is -0.471. The van der Waals surface area contributed by atoms with Gasteiger partial charge in [-0.15, -0.1) is 0 Å². The summed E-state index contributed by atoms with van der Waals surface area (Å²) in [5, 5.41) is 7.39. The first-order valence-corrected chi connectivity index (χ1v) is 11.2. The van der Waals surface area contributed by atoms with E-state index in [-0.39, 0.29) is 16.7 Å². The van der Waals surface area contributed by atoms with Crippen molar-refractivity contribution in [1.29, 1.82) is 0 Å². The number of oxime groups is 1. The molecule has 1 amide bonds. The molecule has 4 rings (SSSR count). The van der Waals surface area contributed by atoms with Gasteiger partial charge in [0.25, 0.3) is 0 Å². The number of nitrogens with one attached hydrogen (secondary N) is 1. The lowest BCUT2D eigenvalue weighted by atomic mass is 9.64. The molecule has 2 fully saturated rings. The van der Waals surface area contributed by atoms with Gasteiger partial charge in [-0.05, 0) is 77.2 Å². The second-order valence-corrected chi connectivity index (χ2v) is 10.2. The van der Waals surface area contributed by atoms with Gasteiger partial charge >= 0.3 is 5.97 Å². The summed E-state index contributed by atoms with van der Waals surface area (Å²) in [6, 6.07) is 16.6. The minimum Gasteiger partial charge on any atom is -0.326 e. The van der Waals surface area contributed by atoms with Crippen molar-refractivity contribution in [3.05, 3.63) is 63.7 Å². The van der Waals surface area contributed by atoms with E-state index in [2.05, 4.69) is 53.8 Å². The number of anilines is 1. The average molecular weight is 516 g/mol. The number of benzene rings is 2. The SMILES string of the molecule is CC12CCC(C(=O)Nc3ccc(I)cc3)(C/C1=N\OC(=O)c1ccccc1)C2(C)C. The number of hydrogen-bond acceptors (Lipinski definition) is 4. The minimum absolute atomic E-state index is 0.0111. The quantitative estimate of drug-likeness (QED) is 0.324. The Kier molecular flexibility index (Phi) is 5.24. The lowest BCUT2D eigenvalue weighted by Crippen LogP contribution is -2.43. The van der Waals surface area contributed by atoms with E-state index in [9.17, 15) is 9.59 Å². The lowest BCUT2D eigenvalue weighted by Gasteiger charge is -2.39. The summed E-state index contributed by atoms with van der Waals surface area (Å²) in [6.07, 6.45) is 2.12. The smallest absolute Gasteiger partial charge is 0.326 e. The van der Waals surface area contributed by atoms with E-state index < -0.39 is 11.4 Å². The second kappa shape index (κ2) is 7.48. The van der Waals surface area contributed by atoms with Crippen LogP contribution in [0.15, 0.2) is 59.8 Å². The molecule has 2 unspecified atom stereocenters. The van der Waals surface area contributed by atoms with Crippen LogP contribution in [0.2, 0.25) is 0 Å². The molecule has 0 spiro atoms. The second-order valence-electron chi connectivity index (χ2n) is 8.96. The molecule has 0 heterocycles. The number of nitrogens with zero attached hydrogens (tertiary/aromatic N) is 1. The fourth-order valence-corrected chi connectivity index (χ4v) is 5.39. The van der Waals surface area contributed by atoms with Crippen LogP contribution in [0.5, 0.6) is 0 Å². The Morgan fingerprint density at radius 3 is 2.33 bits per heavy atom. The monoisotopic (exact) mass is 516 g/mol. The van der Waals surface area contributed by atoms with Gasteiger partial charge in [0.15, 0.2) is 0 Å².